The second kappa shape index (κ2) is 8.35. The Hall–Kier alpha value is -3.67. The van der Waals surface area contributed by atoms with Gasteiger partial charge in [0, 0.05) is 41.6 Å². The lowest BCUT2D eigenvalue weighted by Crippen LogP contribution is -2.25. The van der Waals surface area contributed by atoms with Crippen molar-refractivity contribution >= 4 is 22.6 Å². The largest absolute Gasteiger partial charge is 0.364 e. The smallest absolute Gasteiger partial charge is 0.251 e. The van der Waals surface area contributed by atoms with Crippen LogP contribution in [0.2, 0.25) is 0 Å². The van der Waals surface area contributed by atoms with Gasteiger partial charge in [-0.15, -0.1) is 0 Å². The molecule has 0 saturated carbocycles. The molecule has 28 heavy (non-hydrogen) atoms. The lowest BCUT2D eigenvalue weighted by Gasteiger charge is -2.08. The fourth-order valence-electron chi connectivity index (χ4n) is 3.10. The van der Waals surface area contributed by atoms with Crippen LogP contribution in [0.3, 0.4) is 0 Å². The van der Waals surface area contributed by atoms with Crippen LogP contribution in [0.5, 0.6) is 0 Å². The maximum absolute atomic E-state index is 12.5. The molecule has 4 rings (SSSR count). The number of carbonyl (C=O) groups is 1. The van der Waals surface area contributed by atoms with Gasteiger partial charge in [0.1, 0.15) is 5.82 Å². The van der Waals surface area contributed by atoms with Gasteiger partial charge in [-0.3, -0.25) is 9.78 Å². The second-order valence-corrected chi connectivity index (χ2v) is 6.47. The zero-order chi connectivity index (χ0) is 19.2. The Bertz CT molecular complexity index is 1070. The summed E-state index contributed by atoms with van der Waals surface area (Å²) < 4.78 is 0. The van der Waals surface area contributed by atoms with Crippen LogP contribution >= 0.6 is 0 Å². The molecule has 0 aliphatic heterocycles. The molecule has 6 heteroatoms. The van der Waals surface area contributed by atoms with E-state index in [2.05, 4.69) is 31.7 Å². The van der Waals surface area contributed by atoms with Crippen molar-refractivity contribution in [3.8, 4) is 0 Å². The van der Waals surface area contributed by atoms with Crippen LogP contribution in [0.1, 0.15) is 21.6 Å². The minimum absolute atomic E-state index is 0.108. The number of nitrogens with zero attached hydrogens (tertiary/aromatic N) is 2. The van der Waals surface area contributed by atoms with Gasteiger partial charge in [0.05, 0.1) is 12.2 Å². The number of amides is 1. The first-order chi connectivity index (χ1) is 13.8. The van der Waals surface area contributed by atoms with Crippen molar-refractivity contribution in [1.82, 2.24) is 20.3 Å². The van der Waals surface area contributed by atoms with Crippen molar-refractivity contribution in [2.45, 2.75) is 13.0 Å². The number of aromatic nitrogens is 3. The van der Waals surface area contributed by atoms with Gasteiger partial charge in [0.25, 0.3) is 5.91 Å². The number of carbonyl (C=O) groups excluding carboxylic acids is 1. The number of hydrogen-bond acceptors (Lipinski definition) is 4. The van der Waals surface area contributed by atoms with E-state index in [0.717, 1.165) is 17.6 Å². The number of pyridine rings is 2. The van der Waals surface area contributed by atoms with E-state index in [4.69, 9.17) is 0 Å². The van der Waals surface area contributed by atoms with Crippen molar-refractivity contribution in [1.29, 1.82) is 0 Å². The summed E-state index contributed by atoms with van der Waals surface area (Å²) in [6.45, 7) is 1.12. The Morgan fingerprint density at radius 2 is 1.89 bits per heavy atom. The number of para-hydroxylation sites is 1. The minimum Gasteiger partial charge on any atom is -0.364 e. The van der Waals surface area contributed by atoms with Crippen LogP contribution in [-0.2, 0) is 13.0 Å². The fraction of sp³-hybridized carbons (Fsp3) is 0.136. The van der Waals surface area contributed by atoms with Gasteiger partial charge in [0.15, 0.2) is 0 Å². The van der Waals surface area contributed by atoms with Crippen LogP contribution in [0, 0.1) is 0 Å². The Morgan fingerprint density at radius 3 is 2.79 bits per heavy atom. The number of hydrogen-bond donors (Lipinski definition) is 3. The molecule has 0 atom stereocenters. The number of benzene rings is 1. The fourth-order valence-corrected chi connectivity index (χ4v) is 3.10. The van der Waals surface area contributed by atoms with Crippen LogP contribution in [0.15, 0.2) is 73.2 Å². The van der Waals surface area contributed by atoms with E-state index in [-0.39, 0.29) is 5.91 Å². The maximum Gasteiger partial charge on any atom is 0.251 e. The Kier molecular flexibility index (Phi) is 5.29. The van der Waals surface area contributed by atoms with E-state index in [1.165, 1.54) is 10.9 Å². The molecule has 140 valence electrons. The molecule has 0 unspecified atom stereocenters. The lowest BCUT2D eigenvalue weighted by molar-refractivity contribution is 0.0954. The quantitative estimate of drug-likeness (QED) is 0.464. The standard InChI is InChI=1S/C22H21N5O/c28-22(25-12-9-17-14-26-20-7-2-1-6-19(17)20)16-8-11-24-21(13-16)27-15-18-5-3-4-10-23-18/h1-8,10-11,13-14,26H,9,12,15H2,(H,24,27)(H,25,28). The van der Waals surface area contributed by atoms with Crippen molar-refractivity contribution in [3.05, 3.63) is 90.0 Å². The number of nitrogens with one attached hydrogen (secondary N) is 3. The number of fused-ring (bicyclic) bond motifs is 1. The molecular formula is C22H21N5O. The molecule has 0 fully saturated rings. The first-order valence-electron chi connectivity index (χ1n) is 9.22. The summed E-state index contributed by atoms with van der Waals surface area (Å²) in [7, 11) is 0. The zero-order valence-electron chi connectivity index (χ0n) is 15.4. The van der Waals surface area contributed by atoms with Gasteiger partial charge in [-0.25, -0.2) is 4.98 Å². The average Bonchev–Trinajstić information content (AvgIpc) is 3.16. The normalized spacial score (nSPS) is 10.7. The number of anilines is 1. The van der Waals surface area contributed by atoms with Gasteiger partial charge < -0.3 is 15.6 Å². The van der Waals surface area contributed by atoms with E-state index in [0.29, 0.717) is 24.5 Å². The van der Waals surface area contributed by atoms with Crippen molar-refractivity contribution in [2.75, 3.05) is 11.9 Å². The highest BCUT2D eigenvalue weighted by molar-refractivity contribution is 5.94. The van der Waals surface area contributed by atoms with Crippen LogP contribution in [0.4, 0.5) is 5.82 Å². The summed E-state index contributed by atoms with van der Waals surface area (Å²) in [5.74, 6) is 0.540. The van der Waals surface area contributed by atoms with Crippen molar-refractivity contribution < 1.29 is 4.79 Å². The molecule has 0 bridgehead atoms. The van der Waals surface area contributed by atoms with Crippen LogP contribution in [0.25, 0.3) is 10.9 Å². The molecule has 0 radical (unpaired) electrons. The van der Waals surface area contributed by atoms with Gasteiger partial charge in [-0.2, -0.15) is 0 Å². The summed E-state index contributed by atoms with van der Waals surface area (Å²) in [5, 5.41) is 7.38. The lowest BCUT2D eigenvalue weighted by atomic mass is 10.1. The van der Waals surface area contributed by atoms with Gasteiger partial charge >= 0.3 is 0 Å². The summed E-state index contributed by atoms with van der Waals surface area (Å²) in [5.41, 5.74) is 3.81. The second-order valence-electron chi connectivity index (χ2n) is 6.47. The third-order valence-corrected chi connectivity index (χ3v) is 4.55. The molecule has 3 aromatic heterocycles. The molecule has 1 amide bonds. The zero-order valence-corrected chi connectivity index (χ0v) is 15.4. The monoisotopic (exact) mass is 371 g/mol. The van der Waals surface area contributed by atoms with Gasteiger partial charge in [0.2, 0.25) is 0 Å². The number of H-pyrrole nitrogens is 1. The molecule has 4 aromatic rings. The summed E-state index contributed by atoms with van der Waals surface area (Å²) in [6, 6.07) is 17.4. The highest BCUT2D eigenvalue weighted by Gasteiger charge is 2.08. The topological polar surface area (TPSA) is 82.7 Å². The highest BCUT2D eigenvalue weighted by atomic mass is 16.1. The first kappa shape index (κ1) is 17.7. The van der Waals surface area contributed by atoms with E-state index < -0.39 is 0 Å². The van der Waals surface area contributed by atoms with Gasteiger partial charge in [-0.1, -0.05) is 24.3 Å². The SMILES string of the molecule is O=C(NCCc1c[nH]c2ccccc12)c1ccnc(NCc2ccccn2)c1. The summed E-state index contributed by atoms with van der Waals surface area (Å²) in [6.07, 6.45) is 6.16. The molecule has 1 aromatic carbocycles. The maximum atomic E-state index is 12.5. The predicted molar refractivity (Wildman–Crippen MR) is 110 cm³/mol. The molecule has 3 heterocycles. The molecular weight excluding hydrogens is 350 g/mol. The first-order valence-corrected chi connectivity index (χ1v) is 9.22. The molecule has 0 saturated heterocycles. The van der Waals surface area contributed by atoms with E-state index in [1.54, 1.807) is 24.5 Å². The molecule has 0 aliphatic carbocycles. The third kappa shape index (κ3) is 4.17. The number of rotatable bonds is 7. The Morgan fingerprint density at radius 1 is 1.00 bits per heavy atom. The molecule has 0 aliphatic rings. The minimum atomic E-state index is -0.108. The Balaban J connectivity index is 1.33. The van der Waals surface area contributed by atoms with Crippen LogP contribution in [-0.4, -0.2) is 27.4 Å². The predicted octanol–water partition coefficient (Wildman–Crippen LogP) is 3.54. The molecule has 3 N–H and O–H groups in total. The van der Waals surface area contributed by atoms with Crippen LogP contribution < -0.4 is 10.6 Å². The van der Waals surface area contributed by atoms with E-state index in [1.807, 2.05) is 42.6 Å². The highest BCUT2D eigenvalue weighted by Crippen LogP contribution is 2.17. The Labute approximate surface area is 163 Å². The summed E-state index contributed by atoms with van der Waals surface area (Å²) in [4.78, 5) is 24.3. The van der Waals surface area contributed by atoms with Gasteiger partial charge in [-0.05, 0) is 42.3 Å². The van der Waals surface area contributed by atoms with E-state index in [9.17, 15) is 4.79 Å². The number of aromatic amines is 1. The van der Waals surface area contributed by atoms with E-state index >= 15 is 0 Å². The summed E-state index contributed by atoms with van der Waals surface area (Å²) >= 11 is 0. The third-order valence-electron chi connectivity index (χ3n) is 4.55. The molecule has 0 spiro atoms. The molecule has 6 nitrogen and oxygen atoms in total. The average molecular weight is 371 g/mol. The van der Waals surface area contributed by atoms with Crippen molar-refractivity contribution in [2.24, 2.45) is 0 Å². The van der Waals surface area contributed by atoms with Crippen molar-refractivity contribution in [3.63, 3.8) is 0 Å².